The molecule has 11 nitrogen and oxygen atoms in total. The Kier molecular flexibility index (Phi) is 51.6. The molecule has 458 valence electrons. The smallest absolute Gasteiger partial charge is 0.306 e. The van der Waals surface area contributed by atoms with Crippen molar-refractivity contribution in [3.8, 4) is 0 Å². The Morgan fingerprint density at radius 1 is 0.494 bits per heavy atom. The van der Waals surface area contributed by atoms with Crippen LogP contribution in [0, 0.1) is 0 Å². The lowest BCUT2D eigenvalue weighted by molar-refractivity contribution is -0.305. The van der Waals surface area contributed by atoms with Crippen molar-refractivity contribution in [2.75, 3.05) is 13.2 Å². The molecule has 8 atom stereocenters. The van der Waals surface area contributed by atoms with Crippen molar-refractivity contribution in [3.05, 3.63) is 146 Å². The van der Waals surface area contributed by atoms with Gasteiger partial charge in [-0.3, -0.25) is 9.59 Å². The minimum atomic E-state index is -1.64. The van der Waals surface area contributed by atoms with Gasteiger partial charge in [0.05, 0.1) is 25.4 Å². The molecule has 0 aromatic carbocycles. The van der Waals surface area contributed by atoms with Crippen molar-refractivity contribution >= 4 is 11.9 Å². The van der Waals surface area contributed by atoms with Crippen LogP contribution in [-0.2, 0) is 23.8 Å². The molecule has 0 aromatic heterocycles. The lowest BCUT2D eigenvalue weighted by Crippen LogP contribution is -2.61. The van der Waals surface area contributed by atoms with E-state index in [2.05, 4.69) is 160 Å². The molecule has 0 aliphatic carbocycles. The predicted molar refractivity (Wildman–Crippen MR) is 337 cm³/mol. The number of hydrogen-bond donors (Lipinski definition) is 6. The Labute approximate surface area is 492 Å². The van der Waals surface area contributed by atoms with E-state index in [1.807, 2.05) is 6.08 Å². The number of esters is 1. The van der Waals surface area contributed by atoms with Crippen LogP contribution in [0.3, 0.4) is 0 Å². The van der Waals surface area contributed by atoms with Gasteiger partial charge in [-0.2, -0.15) is 0 Å². The van der Waals surface area contributed by atoms with Crippen molar-refractivity contribution in [2.24, 2.45) is 0 Å². The monoisotopic (exact) mass is 1130 g/mol. The van der Waals surface area contributed by atoms with Crippen LogP contribution in [0.1, 0.15) is 220 Å². The first-order valence-electron chi connectivity index (χ1n) is 31.6. The van der Waals surface area contributed by atoms with E-state index in [0.717, 1.165) is 135 Å². The minimum absolute atomic E-state index is 0.0721. The Bertz CT molecular complexity index is 1870. The Morgan fingerprint density at radius 2 is 0.889 bits per heavy atom. The van der Waals surface area contributed by atoms with Crippen LogP contribution < -0.4 is 5.32 Å². The van der Waals surface area contributed by atoms with Gasteiger partial charge in [0.1, 0.15) is 24.4 Å². The normalized spacial score (nSPS) is 19.7. The van der Waals surface area contributed by atoms with E-state index in [-0.39, 0.29) is 19.4 Å². The molecule has 1 fully saturated rings. The fourth-order valence-corrected chi connectivity index (χ4v) is 8.80. The van der Waals surface area contributed by atoms with Gasteiger partial charge in [-0.1, -0.05) is 237 Å². The van der Waals surface area contributed by atoms with Crippen LogP contribution in [0.2, 0.25) is 0 Å². The highest BCUT2D eigenvalue weighted by atomic mass is 16.7. The lowest BCUT2D eigenvalue weighted by atomic mass is 9.99. The molecule has 1 rings (SSSR count). The van der Waals surface area contributed by atoms with E-state index in [9.17, 15) is 35.1 Å². The van der Waals surface area contributed by atoms with Crippen molar-refractivity contribution in [3.63, 3.8) is 0 Å². The molecule has 1 saturated heterocycles. The number of rotatable bonds is 51. The number of nitrogens with one attached hydrogen (secondary N) is 1. The molecule has 1 aliphatic heterocycles. The van der Waals surface area contributed by atoms with Gasteiger partial charge in [-0.05, 0) is 122 Å². The zero-order chi connectivity index (χ0) is 58.9. The number of aliphatic hydroxyl groups excluding tert-OH is 5. The molecule has 6 N–H and O–H groups in total. The molecular formula is C70H113NO10. The molecule has 0 aromatic rings. The molecule has 1 amide bonds. The summed E-state index contributed by atoms with van der Waals surface area (Å²) in [6, 6.07) is -1.06. The zero-order valence-electron chi connectivity index (χ0n) is 50.6. The summed E-state index contributed by atoms with van der Waals surface area (Å²) in [5.74, 6) is -1.27. The molecule has 0 saturated carbocycles. The highest BCUT2D eigenvalue weighted by Gasteiger charge is 2.47. The maximum atomic E-state index is 13.4. The molecule has 0 bridgehead atoms. The maximum Gasteiger partial charge on any atom is 0.306 e. The third-order valence-electron chi connectivity index (χ3n) is 13.7. The highest BCUT2D eigenvalue weighted by molar-refractivity contribution is 5.80. The fourth-order valence-electron chi connectivity index (χ4n) is 8.80. The van der Waals surface area contributed by atoms with E-state index in [1.165, 1.54) is 38.5 Å². The predicted octanol–water partition coefficient (Wildman–Crippen LogP) is 15.4. The summed E-state index contributed by atoms with van der Waals surface area (Å²) in [5, 5.41) is 57.0. The van der Waals surface area contributed by atoms with Gasteiger partial charge in [0.25, 0.3) is 0 Å². The van der Waals surface area contributed by atoms with Gasteiger partial charge >= 0.3 is 5.97 Å². The van der Waals surface area contributed by atoms with Crippen LogP contribution in [0.15, 0.2) is 146 Å². The number of hydrogen-bond acceptors (Lipinski definition) is 10. The van der Waals surface area contributed by atoms with Crippen LogP contribution in [-0.4, -0.2) is 99.6 Å². The van der Waals surface area contributed by atoms with Crippen LogP contribution in [0.4, 0.5) is 0 Å². The van der Waals surface area contributed by atoms with Gasteiger partial charge < -0.3 is 45.1 Å². The molecule has 81 heavy (non-hydrogen) atoms. The van der Waals surface area contributed by atoms with E-state index in [0.29, 0.717) is 12.8 Å². The average molecular weight is 1130 g/mol. The van der Waals surface area contributed by atoms with Gasteiger partial charge in [0.15, 0.2) is 12.4 Å². The van der Waals surface area contributed by atoms with E-state index in [1.54, 1.807) is 6.08 Å². The summed E-state index contributed by atoms with van der Waals surface area (Å²) in [6.45, 7) is 5.50. The van der Waals surface area contributed by atoms with Crippen LogP contribution in [0.25, 0.3) is 0 Å². The van der Waals surface area contributed by atoms with Crippen LogP contribution >= 0.6 is 0 Å². The van der Waals surface area contributed by atoms with Crippen molar-refractivity contribution in [2.45, 2.75) is 269 Å². The van der Waals surface area contributed by atoms with E-state index in [4.69, 9.17) is 14.2 Å². The number of aliphatic hydroxyl groups is 5. The third-order valence-corrected chi connectivity index (χ3v) is 13.7. The molecule has 1 heterocycles. The number of ether oxygens (including phenoxy) is 3. The van der Waals surface area contributed by atoms with Gasteiger partial charge in [-0.15, -0.1) is 0 Å². The summed E-state index contributed by atoms with van der Waals surface area (Å²) in [5.41, 5.74) is 0. The van der Waals surface area contributed by atoms with Crippen molar-refractivity contribution < 1.29 is 49.3 Å². The lowest BCUT2D eigenvalue weighted by Gasteiger charge is -2.41. The van der Waals surface area contributed by atoms with E-state index < -0.39 is 67.4 Å². The maximum absolute atomic E-state index is 13.4. The molecule has 8 unspecified atom stereocenters. The van der Waals surface area contributed by atoms with Crippen molar-refractivity contribution in [1.82, 2.24) is 5.32 Å². The number of amides is 1. The van der Waals surface area contributed by atoms with Gasteiger partial charge in [-0.25, -0.2) is 0 Å². The summed E-state index contributed by atoms with van der Waals surface area (Å²) >= 11 is 0. The SMILES string of the molecule is CC/C=C\C/C=C\C/C=C\C/C=C\C/C=C\C/C=C\CCCCCC(O)C(=O)NC(COC1OC(CO)C(O)C(O)C1OC(=O)CCCCC/C=C\C/C=C\C/C=C\C/C=C\C/C=C\CC)C(O)/C=C/CCCCCCCCCCC. The largest absolute Gasteiger partial charge is 0.454 e. The number of allylic oxidation sites excluding steroid dienone is 23. The second kappa shape index (κ2) is 56.0. The second-order valence-electron chi connectivity index (χ2n) is 21.0. The van der Waals surface area contributed by atoms with Crippen LogP contribution in [0.5, 0.6) is 0 Å². The van der Waals surface area contributed by atoms with Gasteiger partial charge in [0.2, 0.25) is 5.91 Å². The highest BCUT2D eigenvalue weighted by Crippen LogP contribution is 2.26. The molecule has 11 heteroatoms. The fraction of sp³-hybridized carbons (Fsp3) is 0.629. The summed E-state index contributed by atoms with van der Waals surface area (Å²) in [6.07, 6.45) is 70.2. The number of carbonyl (C=O) groups is 2. The van der Waals surface area contributed by atoms with E-state index >= 15 is 0 Å². The Morgan fingerprint density at radius 3 is 1.33 bits per heavy atom. The molecule has 1 aliphatic rings. The summed E-state index contributed by atoms with van der Waals surface area (Å²) < 4.78 is 17.6. The second-order valence-corrected chi connectivity index (χ2v) is 21.0. The molecule has 0 spiro atoms. The summed E-state index contributed by atoms with van der Waals surface area (Å²) in [7, 11) is 0. The Balaban J connectivity index is 2.71. The third kappa shape index (κ3) is 43.8. The quantitative estimate of drug-likeness (QED) is 0.0195. The molecular weight excluding hydrogens is 1010 g/mol. The zero-order valence-corrected chi connectivity index (χ0v) is 50.6. The first kappa shape index (κ1) is 74.6. The Hall–Kier alpha value is -4.46. The average Bonchev–Trinajstić information content (AvgIpc) is 3.52. The first-order valence-corrected chi connectivity index (χ1v) is 31.6. The number of carbonyl (C=O) groups excluding carboxylic acids is 2. The summed E-state index contributed by atoms with van der Waals surface area (Å²) in [4.78, 5) is 26.6. The topological polar surface area (TPSA) is 175 Å². The standard InChI is InChI=1S/C70H113NO10/c1-4-7-10-13-16-19-22-24-26-28-30-31-32-34-35-37-39-42-45-48-51-54-57-63(74)69(78)71-61(62(73)56-53-50-47-44-41-21-18-15-12-9-6-3)60-79-70-68(67(77)66(76)64(59-72)80-70)81-65(75)58-55-52-49-46-43-40-38-36-33-29-27-25-23-20-17-14-11-8-5-2/h7-8,10-11,16-17,19-20,24-27,30-31,33-36,39-40,42-43,53,56,61-64,66-68,70,72-74,76-77H,4-6,9,12-15,18,21-23,28-29,32,37-38,41,44-52,54-55,57-60H2,1-3H3,(H,71,78)/b10-7-,11-8-,19-16-,20-17-,26-24-,27-25-,31-30-,35-34-,36-33-,42-39-,43-40-,56-53+. The number of unbranched alkanes of at least 4 members (excludes halogenated alkanes) is 15. The molecule has 0 radical (unpaired) electrons. The first-order chi connectivity index (χ1) is 39.7. The minimum Gasteiger partial charge on any atom is -0.454 e. The van der Waals surface area contributed by atoms with Gasteiger partial charge in [0, 0.05) is 6.42 Å². The van der Waals surface area contributed by atoms with Crippen molar-refractivity contribution in [1.29, 1.82) is 0 Å².